The van der Waals surface area contributed by atoms with Crippen LogP contribution < -0.4 is 0 Å². The third-order valence-corrected chi connectivity index (χ3v) is 5.55. The van der Waals surface area contributed by atoms with Crippen LogP contribution >= 0.6 is 0 Å². The van der Waals surface area contributed by atoms with Gasteiger partial charge in [0.2, 0.25) is 10.0 Å². The number of rotatable bonds is 3. The Bertz CT molecular complexity index is 667. The molecule has 0 bridgehead atoms. The van der Waals surface area contributed by atoms with Gasteiger partial charge in [-0.1, -0.05) is 6.92 Å². The molecule has 5 nitrogen and oxygen atoms in total. The zero-order chi connectivity index (χ0) is 15.8. The van der Waals surface area contributed by atoms with Gasteiger partial charge < -0.3 is 5.11 Å². The maximum atomic E-state index is 14.1. The lowest BCUT2D eigenvalue weighted by molar-refractivity contribution is 0.0685. The number of benzene rings is 1. The van der Waals surface area contributed by atoms with Crippen molar-refractivity contribution in [1.29, 1.82) is 0 Å². The Kier molecular flexibility index (Phi) is 4.29. The number of piperidine rings is 1. The summed E-state index contributed by atoms with van der Waals surface area (Å²) in [5, 5.41) is 8.79. The van der Waals surface area contributed by atoms with Crippen LogP contribution in [0, 0.1) is 17.6 Å². The van der Waals surface area contributed by atoms with Crippen molar-refractivity contribution in [1.82, 2.24) is 4.31 Å². The van der Waals surface area contributed by atoms with Crippen molar-refractivity contribution in [2.75, 3.05) is 13.1 Å². The second-order valence-corrected chi connectivity index (χ2v) is 7.03. The molecule has 1 aliphatic rings. The Morgan fingerprint density at radius 1 is 1.29 bits per heavy atom. The number of carboxylic acids is 1. The van der Waals surface area contributed by atoms with Crippen molar-refractivity contribution in [2.24, 2.45) is 5.92 Å². The van der Waals surface area contributed by atoms with Crippen LogP contribution in [0.25, 0.3) is 0 Å². The highest BCUT2D eigenvalue weighted by Crippen LogP contribution is 2.27. The van der Waals surface area contributed by atoms with E-state index in [1.165, 1.54) is 0 Å². The Hall–Kier alpha value is -1.54. The second kappa shape index (κ2) is 5.69. The van der Waals surface area contributed by atoms with Crippen LogP contribution in [0.1, 0.15) is 30.1 Å². The molecular weight excluding hydrogens is 304 g/mol. The number of sulfonamides is 1. The zero-order valence-corrected chi connectivity index (χ0v) is 12.2. The molecule has 21 heavy (non-hydrogen) atoms. The van der Waals surface area contributed by atoms with Crippen LogP contribution in [0.2, 0.25) is 0 Å². The minimum absolute atomic E-state index is 0.239. The Morgan fingerprint density at radius 3 is 2.38 bits per heavy atom. The normalized spacial score (nSPS) is 17.9. The largest absolute Gasteiger partial charge is 0.477 e. The maximum absolute atomic E-state index is 14.1. The lowest BCUT2D eigenvalue weighted by Crippen LogP contribution is -2.38. The van der Waals surface area contributed by atoms with Gasteiger partial charge in [0.1, 0.15) is 16.3 Å². The minimum Gasteiger partial charge on any atom is -0.477 e. The fraction of sp³-hybridized carbons (Fsp3) is 0.462. The lowest BCUT2D eigenvalue weighted by atomic mass is 10.0. The molecule has 0 amide bonds. The topological polar surface area (TPSA) is 74.7 Å². The van der Waals surface area contributed by atoms with Gasteiger partial charge in [0.05, 0.1) is 0 Å². The van der Waals surface area contributed by atoms with Gasteiger partial charge in [0.25, 0.3) is 0 Å². The summed E-state index contributed by atoms with van der Waals surface area (Å²) in [6.45, 7) is 2.47. The lowest BCUT2D eigenvalue weighted by Gasteiger charge is -2.29. The molecule has 8 heteroatoms. The third kappa shape index (κ3) is 2.91. The highest BCUT2D eigenvalue weighted by Gasteiger charge is 2.33. The molecule has 1 saturated heterocycles. The first-order chi connectivity index (χ1) is 9.75. The molecule has 116 valence electrons. The molecular formula is C13H15F2NO4S. The van der Waals surface area contributed by atoms with E-state index in [1.807, 2.05) is 6.92 Å². The molecule has 0 radical (unpaired) electrons. The summed E-state index contributed by atoms with van der Waals surface area (Å²) in [6, 6.07) is 1.43. The van der Waals surface area contributed by atoms with Crippen LogP contribution in [0.3, 0.4) is 0 Å². The molecule has 0 spiro atoms. The highest BCUT2D eigenvalue weighted by atomic mass is 32.2. The molecule has 0 aliphatic carbocycles. The number of carbonyl (C=O) groups is 1. The molecule has 0 unspecified atom stereocenters. The van der Waals surface area contributed by atoms with Crippen LogP contribution in [-0.2, 0) is 10.0 Å². The van der Waals surface area contributed by atoms with Gasteiger partial charge in [-0.15, -0.1) is 0 Å². The van der Waals surface area contributed by atoms with E-state index < -0.39 is 38.1 Å². The Morgan fingerprint density at radius 2 is 1.86 bits per heavy atom. The van der Waals surface area contributed by atoms with E-state index in [2.05, 4.69) is 0 Å². The number of hydrogen-bond acceptors (Lipinski definition) is 3. The number of carboxylic acid groups (broad SMARTS) is 1. The molecule has 1 N–H and O–H groups in total. The summed E-state index contributed by atoms with van der Waals surface area (Å²) in [6.07, 6.45) is 1.29. The maximum Gasteiger partial charge on any atom is 0.341 e. The highest BCUT2D eigenvalue weighted by molar-refractivity contribution is 7.89. The molecule has 1 heterocycles. The van der Waals surface area contributed by atoms with Gasteiger partial charge in [-0.25, -0.2) is 22.0 Å². The first-order valence-electron chi connectivity index (χ1n) is 6.46. The van der Waals surface area contributed by atoms with E-state index in [4.69, 9.17) is 5.11 Å². The van der Waals surface area contributed by atoms with E-state index in [1.54, 1.807) is 0 Å². The number of nitrogens with zero attached hydrogens (tertiary/aromatic N) is 1. The zero-order valence-electron chi connectivity index (χ0n) is 11.3. The van der Waals surface area contributed by atoms with Gasteiger partial charge in [0.15, 0.2) is 5.82 Å². The Labute approximate surface area is 121 Å². The predicted octanol–water partition coefficient (Wildman–Crippen LogP) is 2.08. The summed E-state index contributed by atoms with van der Waals surface area (Å²) in [7, 11) is -4.16. The van der Waals surface area contributed by atoms with Gasteiger partial charge in [0, 0.05) is 13.1 Å². The van der Waals surface area contributed by atoms with Gasteiger partial charge in [-0.3, -0.25) is 0 Å². The van der Waals surface area contributed by atoms with Gasteiger partial charge >= 0.3 is 5.97 Å². The van der Waals surface area contributed by atoms with Crippen LogP contribution in [-0.4, -0.2) is 36.9 Å². The fourth-order valence-electron chi connectivity index (χ4n) is 2.29. The second-order valence-electron chi connectivity index (χ2n) is 5.13. The van der Waals surface area contributed by atoms with E-state index >= 15 is 0 Å². The van der Waals surface area contributed by atoms with Gasteiger partial charge in [-0.2, -0.15) is 4.31 Å². The molecule has 2 rings (SSSR count). The van der Waals surface area contributed by atoms with Crippen molar-refractivity contribution in [3.05, 3.63) is 29.3 Å². The SMILES string of the molecule is CC1CCN(S(=O)(=O)c2ccc(F)c(C(=O)O)c2F)CC1. The van der Waals surface area contributed by atoms with Crippen molar-refractivity contribution in [2.45, 2.75) is 24.7 Å². The quantitative estimate of drug-likeness (QED) is 0.925. The Balaban J connectivity index is 2.46. The van der Waals surface area contributed by atoms with Crippen molar-refractivity contribution < 1.29 is 27.1 Å². The summed E-state index contributed by atoms with van der Waals surface area (Å²) >= 11 is 0. The van der Waals surface area contributed by atoms with E-state index in [9.17, 15) is 22.0 Å². The smallest absolute Gasteiger partial charge is 0.341 e. The van der Waals surface area contributed by atoms with Crippen molar-refractivity contribution in [3.63, 3.8) is 0 Å². The van der Waals surface area contributed by atoms with Crippen LogP contribution in [0.15, 0.2) is 17.0 Å². The van der Waals surface area contributed by atoms with E-state index in [0.29, 0.717) is 24.8 Å². The number of hydrogen-bond donors (Lipinski definition) is 1. The number of aromatic carboxylic acids is 1. The van der Waals surface area contributed by atoms with Crippen LogP contribution in [0.5, 0.6) is 0 Å². The molecule has 1 aromatic rings. The first kappa shape index (κ1) is 15.8. The molecule has 0 saturated carbocycles. The first-order valence-corrected chi connectivity index (χ1v) is 7.90. The van der Waals surface area contributed by atoms with E-state index in [-0.39, 0.29) is 13.1 Å². The molecule has 1 fully saturated rings. The standard InChI is InChI=1S/C13H15F2NO4S/c1-8-4-6-16(7-5-8)21(19,20)10-3-2-9(14)11(12(10)15)13(17)18/h2-3,8H,4-7H2,1H3,(H,17,18). The van der Waals surface area contributed by atoms with Gasteiger partial charge in [-0.05, 0) is 30.9 Å². The summed E-state index contributed by atoms with van der Waals surface area (Å²) in [4.78, 5) is 10.1. The third-order valence-electron chi connectivity index (χ3n) is 3.63. The average molecular weight is 319 g/mol. The molecule has 1 aliphatic heterocycles. The van der Waals surface area contributed by atoms with Crippen LogP contribution in [0.4, 0.5) is 8.78 Å². The predicted molar refractivity (Wildman–Crippen MR) is 70.5 cm³/mol. The fourth-order valence-corrected chi connectivity index (χ4v) is 3.83. The summed E-state index contributed by atoms with van der Waals surface area (Å²) in [5.74, 6) is -4.31. The van der Waals surface area contributed by atoms with E-state index in [0.717, 1.165) is 10.4 Å². The average Bonchev–Trinajstić information content (AvgIpc) is 2.38. The summed E-state index contributed by atoms with van der Waals surface area (Å²) in [5.41, 5.74) is -1.25. The van der Waals surface area contributed by atoms with Crippen molar-refractivity contribution >= 4 is 16.0 Å². The molecule has 1 aromatic carbocycles. The monoisotopic (exact) mass is 319 g/mol. The number of halogens is 2. The summed E-state index contributed by atoms with van der Waals surface area (Å²) < 4.78 is 53.3. The molecule has 0 aromatic heterocycles. The minimum atomic E-state index is -4.16. The molecule has 0 atom stereocenters. The van der Waals surface area contributed by atoms with Crippen molar-refractivity contribution in [3.8, 4) is 0 Å².